The Morgan fingerprint density at radius 3 is 2.84 bits per heavy atom. The van der Waals surface area contributed by atoms with Gasteiger partial charge >= 0.3 is 0 Å². The van der Waals surface area contributed by atoms with Crippen molar-refractivity contribution in [3.63, 3.8) is 0 Å². The summed E-state index contributed by atoms with van der Waals surface area (Å²) in [7, 11) is 1.99. The van der Waals surface area contributed by atoms with Crippen molar-refractivity contribution in [2.75, 3.05) is 5.32 Å². The van der Waals surface area contributed by atoms with Gasteiger partial charge in [-0.15, -0.1) is 0 Å². The lowest BCUT2D eigenvalue weighted by molar-refractivity contribution is 0.767. The average Bonchev–Trinajstić information content (AvgIpc) is 2.99. The molecule has 0 saturated carbocycles. The molecule has 0 atom stereocenters. The number of benzene rings is 1. The summed E-state index contributed by atoms with van der Waals surface area (Å²) in [6.45, 7) is 3.69. The highest BCUT2D eigenvalue weighted by molar-refractivity contribution is 5.78. The minimum Gasteiger partial charge on any atom is -0.348 e. The van der Waals surface area contributed by atoms with E-state index in [1.807, 2.05) is 36.0 Å². The van der Waals surface area contributed by atoms with Crippen LogP contribution in [0.25, 0.3) is 11.0 Å². The molecule has 0 aliphatic rings. The third kappa shape index (κ3) is 2.07. The maximum absolute atomic E-state index is 4.63. The summed E-state index contributed by atoms with van der Waals surface area (Å²) in [6, 6.07) is 8.18. The van der Waals surface area contributed by atoms with E-state index >= 15 is 0 Å². The van der Waals surface area contributed by atoms with Crippen molar-refractivity contribution < 1.29 is 0 Å². The second-order valence-corrected chi connectivity index (χ2v) is 4.48. The van der Waals surface area contributed by atoms with E-state index in [4.69, 9.17) is 0 Å². The predicted molar refractivity (Wildman–Crippen MR) is 75.9 cm³/mol. The lowest BCUT2D eigenvalue weighted by Gasteiger charge is -2.08. The standard InChI is InChI=1S/C14H17N5/c1-3-19-12-7-5-4-6-11(12)17-14(19)16-10-13-15-8-9-18(13)2/h4-9H,3,10H2,1-2H3,(H,16,17). The SMILES string of the molecule is CCn1c(NCc2nccn2C)nc2ccccc21. The number of anilines is 1. The summed E-state index contributed by atoms with van der Waals surface area (Å²) in [5.41, 5.74) is 2.18. The molecule has 0 radical (unpaired) electrons. The molecule has 0 spiro atoms. The number of hydrogen-bond donors (Lipinski definition) is 1. The van der Waals surface area contributed by atoms with Gasteiger partial charge in [0.05, 0.1) is 17.6 Å². The molecular weight excluding hydrogens is 238 g/mol. The molecule has 0 fully saturated rings. The van der Waals surface area contributed by atoms with Gasteiger partial charge in [0.25, 0.3) is 0 Å². The van der Waals surface area contributed by atoms with Crippen LogP contribution < -0.4 is 5.32 Å². The van der Waals surface area contributed by atoms with Gasteiger partial charge in [-0.2, -0.15) is 0 Å². The van der Waals surface area contributed by atoms with Crippen LogP contribution in [0.4, 0.5) is 5.95 Å². The van der Waals surface area contributed by atoms with Gasteiger partial charge in [-0.25, -0.2) is 9.97 Å². The Balaban J connectivity index is 1.90. The Kier molecular flexibility index (Phi) is 2.95. The molecule has 0 unspecified atom stereocenters. The number of aryl methyl sites for hydroxylation is 2. The number of nitrogens with one attached hydrogen (secondary N) is 1. The van der Waals surface area contributed by atoms with E-state index < -0.39 is 0 Å². The molecule has 2 aromatic heterocycles. The van der Waals surface area contributed by atoms with Crippen molar-refractivity contribution in [2.24, 2.45) is 7.05 Å². The molecule has 2 heterocycles. The van der Waals surface area contributed by atoms with Gasteiger partial charge in [0, 0.05) is 26.0 Å². The molecule has 0 aliphatic heterocycles. The molecular formula is C14H17N5. The zero-order chi connectivity index (χ0) is 13.2. The van der Waals surface area contributed by atoms with Crippen LogP contribution in [0.2, 0.25) is 0 Å². The van der Waals surface area contributed by atoms with Crippen LogP contribution in [-0.4, -0.2) is 19.1 Å². The normalized spacial score (nSPS) is 11.1. The number of fused-ring (bicyclic) bond motifs is 1. The van der Waals surface area contributed by atoms with Crippen LogP contribution in [0.3, 0.4) is 0 Å². The third-order valence-electron chi connectivity index (χ3n) is 3.30. The van der Waals surface area contributed by atoms with E-state index in [0.29, 0.717) is 6.54 Å². The first kappa shape index (κ1) is 11.8. The highest BCUT2D eigenvalue weighted by Gasteiger charge is 2.09. The Morgan fingerprint density at radius 2 is 2.11 bits per heavy atom. The summed E-state index contributed by atoms with van der Waals surface area (Å²) >= 11 is 0. The minimum atomic E-state index is 0.673. The average molecular weight is 255 g/mol. The fraction of sp³-hybridized carbons (Fsp3) is 0.286. The number of rotatable bonds is 4. The van der Waals surface area contributed by atoms with Crippen LogP contribution in [0.5, 0.6) is 0 Å². The van der Waals surface area contributed by atoms with E-state index in [1.165, 1.54) is 0 Å². The van der Waals surface area contributed by atoms with Gasteiger partial charge in [0.2, 0.25) is 5.95 Å². The maximum Gasteiger partial charge on any atom is 0.204 e. The molecule has 5 heteroatoms. The van der Waals surface area contributed by atoms with Crippen LogP contribution in [0.15, 0.2) is 36.7 Å². The first-order valence-electron chi connectivity index (χ1n) is 6.45. The number of hydrogen-bond acceptors (Lipinski definition) is 3. The Hall–Kier alpha value is -2.30. The van der Waals surface area contributed by atoms with Crippen LogP contribution in [0, 0.1) is 0 Å². The van der Waals surface area contributed by atoms with Crippen LogP contribution in [0.1, 0.15) is 12.7 Å². The van der Waals surface area contributed by atoms with Gasteiger partial charge in [0.1, 0.15) is 5.82 Å². The largest absolute Gasteiger partial charge is 0.348 e. The van der Waals surface area contributed by atoms with Crippen molar-refractivity contribution in [1.29, 1.82) is 0 Å². The summed E-state index contributed by atoms with van der Waals surface area (Å²) < 4.78 is 4.18. The maximum atomic E-state index is 4.63. The number of imidazole rings is 2. The second kappa shape index (κ2) is 4.76. The summed E-state index contributed by atoms with van der Waals surface area (Å²) in [6.07, 6.45) is 3.75. The fourth-order valence-corrected chi connectivity index (χ4v) is 2.26. The number of nitrogens with zero attached hydrogens (tertiary/aromatic N) is 4. The molecule has 1 aromatic carbocycles. The van der Waals surface area contributed by atoms with Crippen LogP contribution in [-0.2, 0) is 20.1 Å². The first-order valence-corrected chi connectivity index (χ1v) is 6.45. The molecule has 0 amide bonds. The zero-order valence-corrected chi connectivity index (χ0v) is 11.2. The van der Waals surface area contributed by atoms with E-state index in [2.05, 4.69) is 32.8 Å². The Morgan fingerprint density at radius 1 is 1.26 bits per heavy atom. The molecule has 0 bridgehead atoms. The molecule has 5 nitrogen and oxygen atoms in total. The highest BCUT2D eigenvalue weighted by atomic mass is 15.2. The number of para-hydroxylation sites is 2. The van der Waals surface area contributed by atoms with Crippen LogP contribution >= 0.6 is 0 Å². The first-order chi connectivity index (χ1) is 9.29. The van der Waals surface area contributed by atoms with Gasteiger partial charge in [-0.3, -0.25) is 0 Å². The van der Waals surface area contributed by atoms with Crippen molar-refractivity contribution in [3.05, 3.63) is 42.5 Å². The minimum absolute atomic E-state index is 0.673. The van der Waals surface area contributed by atoms with Gasteiger partial charge in [-0.1, -0.05) is 12.1 Å². The fourth-order valence-electron chi connectivity index (χ4n) is 2.26. The summed E-state index contributed by atoms with van der Waals surface area (Å²) in [5, 5.41) is 3.37. The predicted octanol–water partition coefficient (Wildman–Crippen LogP) is 2.40. The lowest BCUT2D eigenvalue weighted by atomic mass is 10.3. The van der Waals surface area contributed by atoms with E-state index in [-0.39, 0.29) is 0 Å². The number of aromatic nitrogens is 4. The Bertz CT molecular complexity index is 695. The molecule has 1 N–H and O–H groups in total. The van der Waals surface area contributed by atoms with Crippen molar-refractivity contribution in [2.45, 2.75) is 20.0 Å². The van der Waals surface area contributed by atoms with E-state index in [9.17, 15) is 0 Å². The third-order valence-corrected chi connectivity index (χ3v) is 3.30. The summed E-state index contributed by atoms with van der Waals surface area (Å²) in [4.78, 5) is 8.93. The highest BCUT2D eigenvalue weighted by Crippen LogP contribution is 2.19. The second-order valence-electron chi connectivity index (χ2n) is 4.48. The van der Waals surface area contributed by atoms with Gasteiger partial charge < -0.3 is 14.5 Å². The van der Waals surface area contributed by atoms with Crippen molar-refractivity contribution in [3.8, 4) is 0 Å². The summed E-state index contributed by atoms with van der Waals surface area (Å²) in [5.74, 6) is 1.89. The topological polar surface area (TPSA) is 47.7 Å². The molecule has 3 rings (SSSR count). The van der Waals surface area contributed by atoms with Crippen molar-refractivity contribution >= 4 is 17.0 Å². The smallest absolute Gasteiger partial charge is 0.204 e. The van der Waals surface area contributed by atoms with Gasteiger partial charge in [0.15, 0.2) is 0 Å². The zero-order valence-electron chi connectivity index (χ0n) is 11.2. The van der Waals surface area contributed by atoms with Gasteiger partial charge in [-0.05, 0) is 19.1 Å². The molecule has 19 heavy (non-hydrogen) atoms. The molecule has 3 aromatic rings. The van der Waals surface area contributed by atoms with Crippen molar-refractivity contribution in [1.82, 2.24) is 19.1 Å². The Labute approximate surface area is 111 Å². The van der Waals surface area contributed by atoms with E-state index in [0.717, 1.165) is 29.4 Å². The monoisotopic (exact) mass is 255 g/mol. The molecule has 0 aliphatic carbocycles. The molecule has 98 valence electrons. The lowest BCUT2D eigenvalue weighted by Crippen LogP contribution is -2.10. The quantitative estimate of drug-likeness (QED) is 0.778. The van der Waals surface area contributed by atoms with E-state index in [1.54, 1.807) is 6.20 Å². The molecule has 0 saturated heterocycles.